The maximum absolute atomic E-state index is 13.3. The molecular weight excluding hydrogens is 675 g/mol. The second-order valence-electron chi connectivity index (χ2n) is 16.6. The maximum atomic E-state index is 13.3. The molecule has 54 heavy (non-hydrogen) atoms. The van der Waals surface area contributed by atoms with Crippen molar-refractivity contribution in [2.75, 3.05) is 33.4 Å². The summed E-state index contributed by atoms with van der Waals surface area (Å²) in [5, 5.41) is 0. The molecule has 0 aliphatic rings. The van der Waals surface area contributed by atoms with Crippen LogP contribution in [0.15, 0.2) is 24.3 Å². The van der Waals surface area contributed by atoms with Crippen LogP contribution in [-0.4, -0.2) is 62.3 Å². The minimum Gasteiger partial charge on any atom is -0.462 e. The van der Waals surface area contributed by atoms with Gasteiger partial charge in [-0.15, -0.1) is 0 Å². The van der Waals surface area contributed by atoms with Gasteiger partial charge in [0.15, 0.2) is 0 Å². The molecule has 0 aromatic rings. The van der Waals surface area contributed by atoms with Crippen molar-refractivity contribution in [3.63, 3.8) is 0 Å². The zero-order valence-electron chi connectivity index (χ0n) is 36.6. The molecule has 0 saturated carbocycles. The van der Waals surface area contributed by atoms with Gasteiger partial charge in [0.2, 0.25) is 0 Å². The third kappa shape index (κ3) is 34.3. The van der Waals surface area contributed by atoms with Crippen LogP contribution in [0.1, 0.15) is 208 Å². The van der Waals surface area contributed by atoms with Crippen molar-refractivity contribution in [1.29, 1.82) is 0 Å². The molecule has 0 rings (SSSR count). The van der Waals surface area contributed by atoms with Crippen molar-refractivity contribution < 1.29 is 28.6 Å². The van der Waals surface area contributed by atoms with E-state index in [1.165, 1.54) is 51.4 Å². The summed E-state index contributed by atoms with van der Waals surface area (Å²) in [4.78, 5) is 39.8. The number of hydrogen-bond donors (Lipinski definition) is 0. The van der Waals surface area contributed by atoms with Gasteiger partial charge >= 0.3 is 17.9 Å². The van der Waals surface area contributed by atoms with Gasteiger partial charge in [-0.05, 0) is 103 Å². The first-order valence-corrected chi connectivity index (χ1v) is 22.5. The summed E-state index contributed by atoms with van der Waals surface area (Å²) in [6, 6.07) is 0. The number of rotatable bonds is 38. The number of hydrogen-bond acceptors (Lipinski definition) is 7. The van der Waals surface area contributed by atoms with Gasteiger partial charge in [0.05, 0.1) is 5.92 Å². The second-order valence-corrected chi connectivity index (χ2v) is 16.6. The molecule has 1 unspecified atom stereocenters. The Bertz CT molecular complexity index is 908. The highest BCUT2D eigenvalue weighted by molar-refractivity contribution is 5.72. The zero-order valence-corrected chi connectivity index (χ0v) is 36.6. The summed E-state index contributed by atoms with van der Waals surface area (Å²) in [6.07, 6.45) is 34.9. The first-order valence-electron chi connectivity index (χ1n) is 22.5. The largest absolute Gasteiger partial charge is 0.462 e. The van der Waals surface area contributed by atoms with Gasteiger partial charge in [0.1, 0.15) is 19.3 Å². The van der Waals surface area contributed by atoms with Crippen LogP contribution in [0.3, 0.4) is 0 Å². The fraction of sp³-hybridized carbons (Fsp3) is 0.851. The molecule has 0 amide bonds. The fourth-order valence-electron chi connectivity index (χ4n) is 6.73. The third-order valence-electron chi connectivity index (χ3n) is 10.5. The number of carbonyl (C=O) groups is 3. The van der Waals surface area contributed by atoms with Gasteiger partial charge in [-0.2, -0.15) is 0 Å². The Hall–Kier alpha value is -2.15. The third-order valence-corrected chi connectivity index (χ3v) is 10.5. The maximum Gasteiger partial charge on any atom is 0.308 e. The Balaban J connectivity index is 4.54. The lowest BCUT2D eigenvalue weighted by molar-refractivity contribution is -0.155. The summed E-state index contributed by atoms with van der Waals surface area (Å²) in [7, 11) is 2.15. The SMILES string of the molecule is CCCCCC/C=C\COC(=O)CCCCCCCC(CCCCCCCC(=O)OC/C=C\CCCCCC)OC(=O)C(C)CC(C)(C)CCN(C)CC. The highest BCUT2D eigenvalue weighted by atomic mass is 16.5. The lowest BCUT2D eigenvalue weighted by Crippen LogP contribution is -2.29. The Labute approximate surface area is 334 Å². The van der Waals surface area contributed by atoms with Crippen LogP contribution in [0.2, 0.25) is 0 Å². The summed E-state index contributed by atoms with van der Waals surface area (Å²) < 4.78 is 16.9. The number of unbranched alkanes of at least 4 members (excludes halogenated alkanes) is 16. The molecule has 7 heteroatoms. The van der Waals surface area contributed by atoms with Gasteiger partial charge in [-0.3, -0.25) is 14.4 Å². The molecule has 316 valence electrons. The first kappa shape index (κ1) is 51.9. The van der Waals surface area contributed by atoms with Crippen molar-refractivity contribution in [3.05, 3.63) is 24.3 Å². The molecule has 0 aliphatic carbocycles. The van der Waals surface area contributed by atoms with Gasteiger partial charge in [-0.25, -0.2) is 0 Å². The van der Waals surface area contributed by atoms with Crippen LogP contribution in [0.4, 0.5) is 0 Å². The Morgan fingerprint density at radius 1 is 0.611 bits per heavy atom. The number of carbonyl (C=O) groups excluding carboxylic acids is 3. The van der Waals surface area contributed by atoms with E-state index in [1.807, 2.05) is 19.1 Å². The smallest absolute Gasteiger partial charge is 0.308 e. The fourth-order valence-corrected chi connectivity index (χ4v) is 6.73. The molecule has 0 radical (unpaired) electrons. The van der Waals surface area contributed by atoms with Crippen LogP contribution in [0.25, 0.3) is 0 Å². The van der Waals surface area contributed by atoms with Gasteiger partial charge in [0.25, 0.3) is 0 Å². The van der Waals surface area contributed by atoms with Crippen molar-refractivity contribution in [2.45, 2.75) is 215 Å². The Morgan fingerprint density at radius 3 is 1.52 bits per heavy atom. The lowest BCUT2D eigenvalue weighted by atomic mass is 9.80. The van der Waals surface area contributed by atoms with Crippen LogP contribution < -0.4 is 0 Å². The molecule has 0 saturated heterocycles. The van der Waals surface area contributed by atoms with Crippen LogP contribution in [-0.2, 0) is 28.6 Å². The molecule has 0 spiro atoms. The Morgan fingerprint density at radius 2 is 1.06 bits per heavy atom. The zero-order chi connectivity index (χ0) is 40.1. The molecule has 7 nitrogen and oxygen atoms in total. The molecule has 0 aromatic heterocycles. The first-order chi connectivity index (χ1) is 26.0. The monoisotopic (exact) mass is 762 g/mol. The molecule has 0 N–H and O–H groups in total. The second kappa shape index (κ2) is 36.5. The van der Waals surface area contributed by atoms with Gasteiger partial charge in [-0.1, -0.05) is 143 Å². The highest BCUT2D eigenvalue weighted by Crippen LogP contribution is 2.31. The lowest BCUT2D eigenvalue weighted by Gasteiger charge is -2.30. The molecule has 0 heterocycles. The normalized spacial score (nSPS) is 12.7. The molecule has 1 atom stereocenters. The average molecular weight is 762 g/mol. The van der Waals surface area contributed by atoms with E-state index in [0.29, 0.717) is 26.1 Å². The van der Waals surface area contributed by atoms with Crippen molar-refractivity contribution in [2.24, 2.45) is 11.3 Å². The summed E-state index contributed by atoms with van der Waals surface area (Å²) in [5.41, 5.74) is 0.0748. The summed E-state index contributed by atoms with van der Waals surface area (Å²) in [5.74, 6) is -0.407. The predicted octanol–water partition coefficient (Wildman–Crippen LogP) is 12.9. The van der Waals surface area contributed by atoms with Crippen molar-refractivity contribution in [1.82, 2.24) is 4.90 Å². The van der Waals surface area contributed by atoms with E-state index in [-0.39, 0.29) is 35.3 Å². The minimum atomic E-state index is -0.128. The molecule has 0 aromatic carbocycles. The summed E-state index contributed by atoms with van der Waals surface area (Å²) >= 11 is 0. The number of esters is 3. The predicted molar refractivity (Wildman–Crippen MR) is 228 cm³/mol. The van der Waals surface area contributed by atoms with E-state index in [9.17, 15) is 14.4 Å². The Kier molecular flexibility index (Phi) is 35.0. The minimum absolute atomic E-state index is 0.0568. The van der Waals surface area contributed by atoms with Gasteiger partial charge in [0, 0.05) is 12.8 Å². The van der Waals surface area contributed by atoms with E-state index in [0.717, 1.165) is 116 Å². The van der Waals surface area contributed by atoms with Crippen LogP contribution >= 0.6 is 0 Å². The van der Waals surface area contributed by atoms with Gasteiger partial charge < -0.3 is 19.1 Å². The number of ether oxygens (including phenoxy) is 3. The number of nitrogens with zero attached hydrogens (tertiary/aromatic N) is 1. The van der Waals surface area contributed by atoms with Crippen LogP contribution in [0.5, 0.6) is 0 Å². The van der Waals surface area contributed by atoms with Crippen molar-refractivity contribution >= 4 is 17.9 Å². The standard InChI is InChI=1S/C47H87NO6/c1-8-11-13-15-17-25-31-39-52-44(49)35-29-23-19-21-27-33-43(54-46(51)42(4)41-47(5,6)37-38-48(7)10-3)34-28-22-20-24-30-36-45(50)53-40-32-26-18-16-14-12-9-2/h25-26,31-32,42-43H,8-24,27-30,33-41H2,1-7H3/b31-25-,32-26-. The van der Waals surface area contributed by atoms with E-state index in [2.05, 4.69) is 58.7 Å². The molecule has 0 fully saturated rings. The van der Waals surface area contributed by atoms with Crippen molar-refractivity contribution in [3.8, 4) is 0 Å². The molecule has 0 aliphatic heterocycles. The molecular formula is C47H87NO6. The van der Waals surface area contributed by atoms with E-state index < -0.39 is 0 Å². The van der Waals surface area contributed by atoms with E-state index >= 15 is 0 Å². The summed E-state index contributed by atoms with van der Waals surface area (Å²) in [6.45, 7) is 16.0. The average Bonchev–Trinajstić information content (AvgIpc) is 3.14. The quantitative estimate of drug-likeness (QED) is 0.0268. The number of allylic oxidation sites excluding steroid dienone is 2. The molecule has 0 bridgehead atoms. The topological polar surface area (TPSA) is 82.1 Å². The highest BCUT2D eigenvalue weighted by Gasteiger charge is 2.27. The van der Waals surface area contributed by atoms with E-state index in [1.54, 1.807) is 0 Å². The van der Waals surface area contributed by atoms with E-state index in [4.69, 9.17) is 14.2 Å². The van der Waals surface area contributed by atoms with Crippen LogP contribution in [0, 0.1) is 11.3 Å².